The van der Waals surface area contributed by atoms with E-state index in [0.29, 0.717) is 0 Å². The lowest BCUT2D eigenvalue weighted by Crippen LogP contribution is -2.12. The molecule has 74 valence electrons. The number of rotatable bonds is 2. The van der Waals surface area contributed by atoms with Crippen LogP contribution in [-0.2, 0) is 4.79 Å². The number of hydrogen-bond acceptors (Lipinski definition) is 3. The topological polar surface area (TPSA) is 79.3 Å². The lowest BCUT2D eigenvalue weighted by molar-refractivity contribution is -0.114. The van der Waals surface area contributed by atoms with Crippen LogP contribution in [0, 0.1) is 6.92 Å². The van der Waals surface area contributed by atoms with Gasteiger partial charge in [-0.25, -0.2) is 9.78 Å². The molecule has 14 heavy (non-hydrogen) atoms. The first-order valence-electron chi connectivity index (χ1n) is 3.98. The Bertz CT molecular complexity index is 388. The van der Waals surface area contributed by atoms with Crippen LogP contribution in [0.3, 0.4) is 0 Å². The van der Waals surface area contributed by atoms with Crippen LogP contribution in [0.5, 0.6) is 0 Å². The van der Waals surface area contributed by atoms with E-state index in [-0.39, 0.29) is 17.3 Å². The molecule has 0 bridgehead atoms. The van der Waals surface area contributed by atoms with Crippen LogP contribution < -0.4 is 5.32 Å². The molecule has 0 aliphatic heterocycles. The van der Waals surface area contributed by atoms with Gasteiger partial charge >= 0.3 is 5.97 Å². The average molecular weight is 194 g/mol. The summed E-state index contributed by atoms with van der Waals surface area (Å²) >= 11 is 0. The molecule has 2 N–H and O–H groups in total. The number of carbonyl (C=O) groups excluding carboxylic acids is 1. The fourth-order valence-electron chi connectivity index (χ4n) is 0.999. The molecule has 5 heteroatoms. The van der Waals surface area contributed by atoms with Crippen molar-refractivity contribution in [3.05, 3.63) is 23.4 Å². The Labute approximate surface area is 80.8 Å². The van der Waals surface area contributed by atoms with E-state index in [9.17, 15) is 9.59 Å². The van der Waals surface area contributed by atoms with Crippen LogP contribution in [-0.4, -0.2) is 22.0 Å². The van der Waals surface area contributed by atoms with Gasteiger partial charge in [0.2, 0.25) is 5.91 Å². The lowest BCUT2D eigenvalue weighted by atomic mass is 10.2. The Morgan fingerprint density at radius 3 is 2.64 bits per heavy atom. The highest BCUT2D eigenvalue weighted by molar-refractivity contribution is 5.98. The number of aromatic nitrogens is 1. The van der Waals surface area contributed by atoms with E-state index >= 15 is 0 Å². The number of carboxylic acid groups (broad SMARTS) is 1. The van der Waals surface area contributed by atoms with Crippen molar-refractivity contribution in [2.45, 2.75) is 13.8 Å². The molecule has 0 atom stereocenters. The number of pyridine rings is 1. The van der Waals surface area contributed by atoms with Crippen LogP contribution in [0.4, 0.5) is 5.82 Å². The second kappa shape index (κ2) is 3.87. The Morgan fingerprint density at radius 1 is 1.50 bits per heavy atom. The van der Waals surface area contributed by atoms with Gasteiger partial charge in [-0.3, -0.25) is 4.79 Å². The third kappa shape index (κ3) is 2.29. The number of nitrogens with one attached hydrogen (secondary N) is 1. The fraction of sp³-hybridized carbons (Fsp3) is 0.222. The largest absolute Gasteiger partial charge is 0.478 e. The van der Waals surface area contributed by atoms with Crippen LogP contribution in [0.1, 0.15) is 22.8 Å². The number of anilines is 1. The molecule has 1 amide bonds. The van der Waals surface area contributed by atoms with Crippen molar-refractivity contribution in [2.24, 2.45) is 0 Å². The molecule has 1 heterocycles. The van der Waals surface area contributed by atoms with Gasteiger partial charge in [0.25, 0.3) is 0 Å². The van der Waals surface area contributed by atoms with Gasteiger partial charge < -0.3 is 10.4 Å². The Balaban J connectivity index is 3.14. The maximum atomic E-state index is 10.8. The highest BCUT2D eigenvalue weighted by Gasteiger charge is 2.12. The summed E-state index contributed by atoms with van der Waals surface area (Å²) in [7, 11) is 0. The molecule has 0 aromatic carbocycles. The van der Waals surface area contributed by atoms with E-state index in [1.165, 1.54) is 19.2 Å². The van der Waals surface area contributed by atoms with Crippen LogP contribution in [0.2, 0.25) is 0 Å². The summed E-state index contributed by atoms with van der Waals surface area (Å²) in [6.07, 6.45) is 1.50. The third-order valence-corrected chi connectivity index (χ3v) is 1.55. The van der Waals surface area contributed by atoms with E-state index in [2.05, 4.69) is 10.3 Å². The number of nitrogens with zero attached hydrogens (tertiary/aromatic N) is 1. The van der Waals surface area contributed by atoms with E-state index in [0.717, 1.165) is 5.56 Å². The second-order valence-corrected chi connectivity index (χ2v) is 2.90. The minimum Gasteiger partial charge on any atom is -0.478 e. The van der Waals surface area contributed by atoms with Crippen molar-refractivity contribution in [1.82, 2.24) is 4.98 Å². The summed E-state index contributed by atoms with van der Waals surface area (Å²) in [4.78, 5) is 25.3. The lowest BCUT2D eigenvalue weighted by Gasteiger charge is -2.05. The number of aryl methyl sites for hydroxylation is 1. The van der Waals surface area contributed by atoms with Crippen molar-refractivity contribution in [3.63, 3.8) is 0 Å². The zero-order chi connectivity index (χ0) is 10.7. The van der Waals surface area contributed by atoms with E-state index in [4.69, 9.17) is 5.11 Å². The van der Waals surface area contributed by atoms with Crippen molar-refractivity contribution < 1.29 is 14.7 Å². The molecule has 1 rings (SSSR count). The normalized spacial score (nSPS) is 9.57. The minimum atomic E-state index is -1.11. The van der Waals surface area contributed by atoms with Gasteiger partial charge in [-0.1, -0.05) is 0 Å². The van der Waals surface area contributed by atoms with E-state index in [1.54, 1.807) is 6.92 Å². The van der Waals surface area contributed by atoms with Crippen molar-refractivity contribution in [1.29, 1.82) is 0 Å². The molecule has 0 radical (unpaired) electrons. The van der Waals surface area contributed by atoms with Crippen molar-refractivity contribution >= 4 is 17.7 Å². The second-order valence-electron chi connectivity index (χ2n) is 2.90. The summed E-state index contributed by atoms with van der Waals surface area (Å²) in [5, 5.41) is 11.2. The number of carboxylic acids is 1. The minimum absolute atomic E-state index is 0.000185. The summed E-state index contributed by atoms with van der Waals surface area (Å²) in [5.41, 5.74) is 0.733. The van der Waals surface area contributed by atoms with E-state index < -0.39 is 5.97 Å². The molecule has 0 saturated carbocycles. The van der Waals surface area contributed by atoms with Gasteiger partial charge in [0.1, 0.15) is 11.4 Å². The third-order valence-electron chi connectivity index (χ3n) is 1.55. The van der Waals surface area contributed by atoms with Crippen LogP contribution in [0.15, 0.2) is 12.3 Å². The SMILES string of the molecule is CC(=O)Nc1ncc(C)cc1C(=O)O. The number of hydrogen-bond donors (Lipinski definition) is 2. The molecule has 0 spiro atoms. The van der Waals surface area contributed by atoms with Gasteiger partial charge in [-0.15, -0.1) is 0 Å². The molecular weight excluding hydrogens is 184 g/mol. The maximum absolute atomic E-state index is 10.8. The Morgan fingerprint density at radius 2 is 2.14 bits per heavy atom. The quantitative estimate of drug-likeness (QED) is 0.737. The summed E-state index contributed by atoms with van der Waals surface area (Å²) in [6.45, 7) is 3.03. The molecule has 0 fully saturated rings. The van der Waals surface area contributed by atoms with Crippen LogP contribution >= 0.6 is 0 Å². The first-order chi connectivity index (χ1) is 6.50. The number of amides is 1. The number of carbonyl (C=O) groups is 2. The first kappa shape index (κ1) is 10.2. The number of aromatic carboxylic acids is 1. The first-order valence-corrected chi connectivity index (χ1v) is 3.98. The zero-order valence-electron chi connectivity index (χ0n) is 7.87. The van der Waals surface area contributed by atoms with Gasteiger partial charge in [0.05, 0.1) is 0 Å². The standard InChI is InChI=1S/C9H10N2O3/c1-5-3-7(9(13)14)8(10-4-5)11-6(2)12/h3-4H,1-2H3,(H,13,14)(H,10,11,12). The predicted octanol–water partition coefficient (Wildman–Crippen LogP) is 1.05. The zero-order valence-corrected chi connectivity index (χ0v) is 7.87. The molecule has 0 aliphatic carbocycles. The summed E-state index contributed by atoms with van der Waals surface area (Å²) < 4.78 is 0. The van der Waals surface area contributed by atoms with Gasteiger partial charge in [-0.05, 0) is 18.6 Å². The highest BCUT2D eigenvalue weighted by atomic mass is 16.4. The van der Waals surface area contributed by atoms with Gasteiger partial charge in [-0.2, -0.15) is 0 Å². The smallest absolute Gasteiger partial charge is 0.339 e. The fourth-order valence-corrected chi connectivity index (χ4v) is 0.999. The summed E-state index contributed by atoms with van der Waals surface area (Å²) in [6, 6.07) is 1.46. The van der Waals surface area contributed by atoms with Crippen LogP contribution in [0.25, 0.3) is 0 Å². The maximum Gasteiger partial charge on any atom is 0.339 e. The average Bonchev–Trinajstić information content (AvgIpc) is 2.07. The predicted molar refractivity (Wildman–Crippen MR) is 50.2 cm³/mol. The van der Waals surface area contributed by atoms with E-state index in [1.807, 2.05) is 0 Å². The van der Waals surface area contributed by atoms with Crippen molar-refractivity contribution in [3.8, 4) is 0 Å². The molecule has 0 saturated heterocycles. The summed E-state index contributed by atoms with van der Waals surface area (Å²) in [5.74, 6) is -1.37. The molecule has 0 aliphatic rings. The Hall–Kier alpha value is -1.91. The monoisotopic (exact) mass is 194 g/mol. The highest BCUT2D eigenvalue weighted by Crippen LogP contribution is 2.13. The van der Waals surface area contributed by atoms with Crippen molar-refractivity contribution in [2.75, 3.05) is 5.32 Å². The molecule has 5 nitrogen and oxygen atoms in total. The Kier molecular flexibility index (Phi) is 2.81. The van der Waals surface area contributed by atoms with Gasteiger partial charge in [0.15, 0.2) is 0 Å². The molecule has 1 aromatic heterocycles. The van der Waals surface area contributed by atoms with Gasteiger partial charge in [0, 0.05) is 13.1 Å². The molecular formula is C9H10N2O3. The molecule has 1 aromatic rings. The molecule has 0 unspecified atom stereocenters.